The van der Waals surface area contributed by atoms with Gasteiger partial charge in [0, 0.05) is 18.0 Å². The summed E-state index contributed by atoms with van der Waals surface area (Å²) in [5, 5.41) is 0. The summed E-state index contributed by atoms with van der Waals surface area (Å²) in [6, 6.07) is 16.4. The molecule has 2 aliphatic heterocycles. The van der Waals surface area contributed by atoms with Crippen molar-refractivity contribution < 1.29 is 19.1 Å². The summed E-state index contributed by atoms with van der Waals surface area (Å²) in [5.74, 6) is -1.05. The van der Waals surface area contributed by atoms with E-state index in [1.807, 2.05) is 30.3 Å². The van der Waals surface area contributed by atoms with E-state index < -0.39 is 0 Å². The van der Waals surface area contributed by atoms with Crippen LogP contribution < -0.4 is 0 Å². The van der Waals surface area contributed by atoms with E-state index in [0.717, 1.165) is 5.56 Å². The molecular formula is C22H19NO4. The number of imide groups is 1. The highest BCUT2D eigenvalue weighted by molar-refractivity contribution is 6.21. The molecule has 5 nitrogen and oxygen atoms in total. The molecule has 1 fully saturated rings. The van der Waals surface area contributed by atoms with Gasteiger partial charge in [-0.15, -0.1) is 0 Å². The van der Waals surface area contributed by atoms with Crippen molar-refractivity contribution in [2.45, 2.75) is 18.9 Å². The summed E-state index contributed by atoms with van der Waals surface area (Å²) >= 11 is 0. The number of amides is 2. The maximum atomic E-state index is 12.4. The molecule has 136 valence electrons. The molecule has 0 saturated carbocycles. The summed E-state index contributed by atoms with van der Waals surface area (Å²) in [4.78, 5) is 38.2. The molecule has 0 aliphatic carbocycles. The first-order chi connectivity index (χ1) is 13.1. The zero-order valence-corrected chi connectivity index (χ0v) is 14.8. The lowest BCUT2D eigenvalue weighted by molar-refractivity contribution is -0.139. The highest BCUT2D eigenvalue weighted by Gasteiger charge is 2.40. The van der Waals surface area contributed by atoms with Gasteiger partial charge >= 0.3 is 5.97 Å². The van der Waals surface area contributed by atoms with E-state index in [2.05, 4.69) is 6.58 Å². The molecule has 0 unspecified atom stereocenters. The lowest BCUT2D eigenvalue weighted by atomic mass is 9.88. The first kappa shape index (κ1) is 17.2. The molecule has 2 amide bonds. The second-order valence-electron chi connectivity index (χ2n) is 6.82. The van der Waals surface area contributed by atoms with Gasteiger partial charge in [-0.25, -0.2) is 4.79 Å². The number of ether oxygens (including phenoxy) is 1. The molecule has 0 N–H and O–H groups in total. The van der Waals surface area contributed by atoms with Crippen LogP contribution in [0.4, 0.5) is 0 Å². The Morgan fingerprint density at radius 2 is 1.48 bits per heavy atom. The fourth-order valence-electron chi connectivity index (χ4n) is 3.79. The molecule has 0 radical (unpaired) electrons. The van der Waals surface area contributed by atoms with Crippen molar-refractivity contribution in [2.75, 3.05) is 6.54 Å². The topological polar surface area (TPSA) is 63.7 Å². The van der Waals surface area contributed by atoms with Gasteiger partial charge in [-0.2, -0.15) is 0 Å². The van der Waals surface area contributed by atoms with Gasteiger partial charge in [0.05, 0.1) is 11.1 Å². The largest absolute Gasteiger partial charge is 0.453 e. The van der Waals surface area contributed by atoms with E-state index >= 15 is 0 Å². The maximum absolute atomic E-state index is 12.4. The van der Waals surface area contributed by atoms with Gasteiger partial charge in [0.15, 0.2) is 0 Å². The number of cyclic esters (lactones) is 1. The molecule has 4 rings (SSSR count). The van der Waals surface area contributed by atoms with Crippen LogP contribution in [0.25, 0.3) is 0 Å². The van der Waals surface area contributed by atoms with Crippen molar-refractivity contribution in [2.24, 2.45) is 5.92 Å². The van der Waals surface area contributed by atoms with E-state index in [1.54, 1.807) is 24.3 Å². The summed E-state index contributed by atoms with van der Waals surface area (Å²) in [6.07, 6.45) is 0.820. The van der Waals surface area contributed by atoms with Crippen molar-refractivity contribution >= 4 is 17.8 Å². The second kappa shape index (κ2) is 6.83. The van der Waals surface area contributed by atoms with Gasteiger partial charge in [-0.1, -0.05) is 49.0 Å². The van der Waals surface area contributed by atoms with Crippen molar-refractivity contribution in [1.82, 2.24) is 4.90 Å². The van der Waals surface area contributed by atoms with Gasteiger partial charge in [0.25, 0.3) is 11.8 Å². The first-order valence-corrected chi connectivity index (χ1v) is 8.98. The van der Waals surface area contributed by atoms with E-state index in [0.29, 0.717) is 36.1 Å². The Morgan fingerprint density at radius 3 is 2.11 bits per heavy atom. The Balaban J connectivity index is 1.44. The van der Waals surface area contributed by atoms with Crippen LogP contribution in [0.1, 0.15) is 45.2 Å². The van der Waals surface area contributed by atoms with Crippen LogP contribution in [0.2, 0.25) is 0 Å². The standard InChI is InChI=1S/C22H19NO4/c1-14-16(19(27-22(14)26)15-8-3-2-4-9-15)12-7-13-23-20(24)17-10-5-6-11-18(17)21(23)25/h2-6,8-11,16,19H,1,7,12-13H2/t16-,19-/m1/s1. The molecule has 2 aromatic rings. The molecular weight excluding hydrogens is 342 g/mol. The summed E-state index contributed by atoms with van der Waals surface area (Å²) < 4.78 is 5.50. The normalized spacial score (nSPS) is 21.6. The van der Waals surface area contributed by atoms with Crippen LogP contribution in [0, 0.1) is 5.92 Å². The molecule has 2 atom stereocenters. The Labute approximate surface area is 157 Å². The molecule has 0 bridgehead atoms. The van der Waals surface area contributed by atoms with Gasteiger partial charge in [-0.05, 0) is 30.5 Å². The molecule has 0 aromatic heterocycles. The minimum absolute atomic E-state index is 0.157. The zero-order valence-electron chi connectivity index (χ0n) is 14.8. The zero-order chi connectivity index (χ0) is 19.0. The SMILES string of the molecule is C=C1C(=O)O[C@H](c2ccccc2)[C@@H]1CCCN1C(=O)c2ccccc2C1=O. The lowest BCUT2D eigenvalue weighted by Gasteiger charge is -2.19. The van der Waals surface area contributed by atoms with Gasteiger partial charge in [0.2, 0.25) is 0 Å². The predicted molar refractivity (Wildman–Crippen MR) is 98.9 cm³/mol. The summed E-state index contributed by atoms with van der Waals surface area (Å²) in [7, 11) is 0. The number of benzene rings is 2. The highest BCUT2D eigenvalue weighted by atomic mass is 16.6. The number of nitrogens with zero attached hydrogens (tertiary/aromatic N) is 1. The fraction of sp³-hybridized carbons (Fsp3) is 0.227. The fourth-order valence-corrected chi connectivity index (χ4v) is 3.79. The number of esters is 1. The molecule has 2 aromatic carbocycles. The average molecular weight is 361 g/mol. The van der Waals surface area contributed by atoms with Gasteiger partial charge < -0.3 is 4.74 Å². The van der Waals surface area contributed by atoms with Gasteiger partial charge in [-0.3, -0.25) is 14.5 Å². The van der Waals surface area contributed by atoms with Crippen LogP contribution in [-0.4, -0.2) is 29.2 Å². The number of hydrogen-bond donors (Lipinski definition) is 0. The number of fused-ring (bicyclic) bond motifs is 1. The molecule has 2 heterocycles. The maximum Gasteiger partial charge on any atom is 0.334 e. The molecule has 2 aliphatic rings. The highest BCUT2D eigenvalue weighted by Crippen LogP contribution is 2.41. The lowest BCUT2D eigenvalue weighted by Crippen LogP contribution is -2.31. The third-order valence-corrected chi connectivity index (χ3v) is 5.21. The van der Waals surface area contributed by atoms with Crippen molar-refractivity contribution in [3.05, 3.63) is 83.4 Å². The van der Waals surface area contributed by atoms with Crippen LogP contribution in [0.3, 0.4) is 0 Å². The minimum atomic E-state index is -0.380. The molecule has 0 spiro atoms. The monoisotopic (exact) mass is 361 g/mol. The van der Waals surface area contributed by atoms with E-state index in [4.69, 9.17) is 4.74 Å². The Bertz CT molecular complexity index is 899. The predicted octanol–water partition coefficient (Wildman–Crippen LogP) is 3.53. The Hall–Kier alpha value is -3.21. The van der Waals surface area contributed by atoms with Crippen LogP contribution in [0.5, 0.6) is 0 Å². The van der Waals surface area contributed by atoms with E-state index in [1.165, 1.54) is 4.90 Å². The molecule has 1 saturated heterocycles. The number of carbonyl (C=O) groups is 3. The summed E-state index contributed by atoms with van der Waals surface area (Å²) in [6.45, 7) is 4.19. The molecule has 27 heavy (non-hydrogen) atoms. The van der Waals surface area contributed by atoms with E-state index in [-0.39, 0.29) is 29.8 Å². The third kappa shape index (κ3) is 2.95. The van der Waals surface area contributed by atoms with Crippen LogP contribution in [-0.2, 0) is 9.53 Å². The number of rotatable bonds is 5. The minimum Gasteiger partial charge on any atom is -0.453 e. The van der Waals surface area contributed by atoms with Crippen molar-refractivity contribution in [3.8, 4) is 0 Å². The van der Waals surface area contributed by atoms with Crippen molar-refractivity contribution in [1.29, 1.82) is 0 Å². The molecule has 5 heteroatoms. The van der Waals surface area contributed by atoms with E-state index in [9.17, 15) is 14.4 Å². The van der Waals surface area contributed by atoms with Crippen LogP contribution >= 0.6 is 0 Å². The second-order valence-corrected chi connectivity index (χ2v) is 6.82. The number of hydrogen-bond acceptors (Lipinski definition) is 4. The quantitative estimate of drug-likeness (QED) is 0.464. The Morgan fingerprint density at radius 1 is 0.889 bits per heavy atom. The summed E-state index contributed by atoms with van der Waals surface area (Å²) in [5.41, 5.74) is 2.28. The third-order valence-electron chi connectivity index (χ3n) is 5.21. The first-order valence-electron chi connectivity index (χ1n) is 8.98. The smallest absolute Gasteiger partial charge is 0.334 e. The average Bonchev–Trinajstić information content (AvgIpc) is 3.12. The van der Waals surface area contributed by atoms with Crippen molar-refractivity contribution in [3.63, 3.8) is 0 Å². The number of carbonyl (C=O) groups excluding carboxylic acids is 3. The van der Waals surface area contributed by atoms with Gasteiger partial charge in [0.1, 0.15) is 6.10 Å². The van der Waals surface area contributed by atoms with Crippen LogP contribution in [0.15, 0.2) is 66.7 Å². The Kier molecular flexibility index (Phi) is 4.36.